The molecule has 8 heteroatoms. The van der Waals surface area contributed by atoms with Crippen molar-refractivity contribution in [2.45, 2.75) is 54.4 Å². The number of nitrogens with one attached hydrogen (secondary N) is 1. The molecule has 0 unspecified atom stereocenters. The van der Waals surface area contributed by atoms with E-state index < -0.39 is 10.8 Å². The van der Waals surface area contributed by atoms with Gasteiger partial charge in [0.05, 0.1) is 28.6 Å². The Morgan fingerprint density at radius 3 is 2.53 bits per heavy atom. The van der Waals surface area contributed by atoms with Gasteiger partial charge in [0, 0.05) is 29.3 Å². The molecule has 3 heterocycles. The molecule has 1 aromatic carbocycles. The van der Waals surface area contributed by atoms with Gasteiger partial charge in [-0.2, -0.15) is 4.98 Å². The maximum Gasteiger partial charge on any atom is 0.227 e. The molecule has 0 amide bonds. The van der Waals surface area contributed by atoms with E-state index in [1.54, 1.807) is 0 Å². The predicted octanol–water partition coefficient (Wildman–Crippen LogP) is 3.90. The van der Waals surface area contributed by atoms with E-state index in [2.05, 4.69) is 28.4 Å². The van der Waals surface area contributed by atoms with Gasteiger partial charge in [0.2, 0.25) is 5.95 Å². The van der Waals surface area contributed by atoms with Gasteiger partial charge in [0.25, 0.3) is 0 Å². The average molecular weight is 471 g/mol. The van der Waals surface area contributed by atoms with Crippen molar-refractivity contribution in [2.75, 3.05) is 35.7 Å². The molecule has 1 atom stereocenters. The quantitative estimate of drug-likeness (QED) is 0.690. The molecule has 0 saturated heterocycles. The Labute approximate surface area is 195 Å². The minimum absolute atomic E-state index is 0.0274. The topological polar surface area (TPSA) is 78.4 Å². The predicted molar refractivity (Wildman–Crippen MR) is 128 cm³/mol. The van der Waals surface area contributed by atoms with Gasteiger partial charge < -0.3 is 15.3 Å². The molecular formula is C24H27ClN4O2S. The van der Waals surface area contributed by atoms with E-state index >= 15 is 0 Å². The zero-order valence-corrected chi connectivity index (χ0v) is 19.5. The first-order chi connectivity index (χ1) is 15.5. The van der Waals surface area contributed by atoms with Crippen LogP contribution in [0.3, 0.4) is 0 Å². The molecule has 2 N–H and O–H groups in total. The van der Waals surface area contributed by atoms with Gasteiger partial charge in [-0.25, -0.2) is 4.98 Å². The van der Waals surface area contributed by atoms with E-state index in [-0.39, 0.29) is 17.6 Å². The fourth-order valence-electron chi connectivity index (χ4n) is 5.12. The van der Waals surface area contributed by atoms with Crippen molar-refractivity contribution in [1.29, 1.82) is 0 Å². The third-order valence-electron chi connectivity index (χ3n) is 7.55. The largest absolute Gasteiger partial charge is 0.394 e. The Morgan fingerprint density at radius 1 is 1.16 bits per heavy atom. The summed E-state index contributed by atoms with van der Waals surface area (Å²) < 4.78 is 13.0. The summed E-state index contributed by atoms with van der Waals surface area (Å²) in [5.74, 6) is 2.03. The molecule has 1 spiro atoms. The minimum atomic E-state index is -1.09. The highest BCUT2D eigenvalue weighted by Crippen LogP contribution is 2.56. The lowest BCUT2D eigenvalue weighted by Gasteiger charge is -2.41. The summed E-state index contributed by atoms with van der Waals surface area (Å²) in [5, 5.41) is 14.2. The lowest BCUT2D eigenvalue weighted by molar-refractivity contribution is 0.143. The number of benzene rings is 1. The zero-order valence-electron chi connectivity index (χ0n) is 17.9. The van der Waals surface area contributed by atoms with E-state index in [0.717, 1.165) is 67.2 Å². The van der Waals surface area contributed by atoms with Crippen LogP contribution in [0, 0.1) is 0 Å². The highest BCUT2D eigenvalue weighted by molar-refractivity contribution is 7.85. The van der Waals surface area contributed by atoms with Crippen molar-refractivity contribution in [3.05, 3.63) is 46.6 Å². The van der Waals surface area contributed by atoms with E-state index in [9.17, 15) is 9.32 Å². The number of hydrogen-bond acceptors (Lipinski definition) is 6. The van der Waals surface area contributed by atoms with E-state index in [4.69, 9.17) is 21.6 Å². The van der Waals surface area contributed by atoms with Crippen LogP contribution in [0.1, 0.15) is 49.8 Å². The Bertz CT molecular complexity index is 1120. The number of aliphatic hydroxyl groups is 1. The molecule has 2 aliphatic carbocycles. The lowest BCUT2D eigenvalue weighted by Crippen LogP contribution is -2.48. The highest BCUT2D eigenvalue weighted by atomic mass is 35.5. The Kier molecular flexibility index (Phi) is 4.86. The van der Waals surface area contributed by atoms with Crippen LogP contribution in [0.25, 0.3) is 5.57 Å². The van der Waals surface area contributed by atoms with Crippen molar-refractivity contribution in [3.63, 3.8) is 0 Å². The smallest absolute Gasteiger partial charge is 0.227 e. The molecular weight excluding hydrogens is 444 g/mol. The maximum absolute atomic E-state index is 13.0. The number of hydrogen-bond donors (Lipinski definition) is 2. The van der Waals surface area contributed by atoms with Crippen molar-refractivity contribution in [2.24, 2.45) is 0 Å². The van der Waals surface area contributed by atoms with Crippen molar-refractivity contribution in [1.82, 2.24) is 9.97 Å². The minimum Gasteiger partial charge on any atom is -0.394 e. The van der Waals surface area contributed by atoms with Crippen LogP contribution in [0.2, 0.25) is 5.02 Å². The van der Waals surface area contributed by atoms with Crippen LogP contribution in [-0.4, -0.2) is 50.3 Å². The molecule has 4 aliphatic rings. The third kappa shape index (κ3) is 3.37. The van der Waals surface area contributed by atoms with Crippen molar-refractivity contribution < 1.29 is 9.32 Å². The molecule has 168 valence electrons. The number of halogens is 1. The van der Waals surface area contributed by atoms with Crippen LogP contribution >= 0.6 is 11.6 Å². The molecule has 2 fully saturated rings. The standard InChI is InChI=1S/C24H27ClN4O2S/c25-18-4-2-16(3-5-18)17-6-12-29(13-7-17)22-26-20-19(32(31)15-23(20)10-11-23)21(27-22)28-24(14-30)8-1-9-24/h2-6,30H,1,7-15H2,(H,26,27,28)/t32-/m1/s1. The highest BCUT2D eigenvalue weighted by Gasteiger charge is 2.55. The van der Waals surface area contributed by atoms with Crippen LogP contribution < -0.4 is 10.2 Å². The Morgan fingerprint density at radius 2 is 1.94 bits per heavy atom. The molecule has 0 radical (unpaired) electrons. The second-order valence-corrected chi connectivity index (χ2v) is 11.5. The Hall–Kier alpha value is -1.96. The number of nitrogens with zero attached hydrogens (tertiary/aromatic N) is 3. The fraction of sp³-hybridized carbons (Fsp3) is 0.500. The van der Waals surface area contributed by atoms with Gasteiger partial charge in [0.15, 0.2) is 0 Å². The number of aliphatic hydroxyl groups excluding tert-OH is 1. The second-order valence-electron chi connectivity index (χ2n) is 9.67. The Balaban J connectivity index is 1.33. The van der Waals surface area contributed by atoms with Crippen LogP contribution in [0.5, 0.6) is 0 Å². The molecule has 1 aromatic heterocycles. The normalized spacial score (nSPS) is 24.6. The molecule has 0 bridgehead atoms. The average Bonchev–Trinajstić information content (AvgIpc) is 3.50. The number of anilines is 2. The lowest BCUT2D eigenvalue weighted by atomic mass is 9.77. The number of fused-ring (bicyclic) bond motifs is 2. The molecule has 2 aromatic rings. The summed E-state index contributed by atoms with van der Waals surface area (Å²) in [6.45, 7) is 1.63. The number of aromatic nitrogens is 2. The van der Waals surface area contributed by atoms with Gasteiger partial charge in [-0.05, 0) is 61.8 Å². The summed E-state index contributed by atoms with van der Waals surface area (Å²) in [6, 6.07) is 7.99. The monoisotopic (exact) mass is 470 g/mol. The fourth-order valence-corrected chi connectivity index (χ4v) is 7.11. The van der Waals surface area contributed by atoms with Crippen LogP contribution in [-0.2, 0) is 16.2 Å². The second kappa shape index (κ2) is 7.54. The first-order valence-corrected chi connectivity index (χ1v) is 13.1. The van der Waals surface area contributed by atoms with Crippen LogP contribution in [0.4, 0.5) is 11.8 Å². The third-order valence-corrected chi connectivity index (χ3v) is 9.46. The van der Waals surface area contributed by atoms with Crippen LogP contribution in [0.15, 0.2) is 35.2 Å². The zero-order chi connectivity index (χ0) is 21.9. The summed E-state index contributed by atoms with van der Waals surface area (Å²) in [4.78, 5) is 12.9. The number of rotatable bonds is 5. The van der Waals surface area contributed by atoms with Gasteiger partial charge in [-0.1, -0.05) is 29.8 Å². The summed E-state index contributed by atoms with van der Waals surface area (Å²) in [6.07, 6.45) is 8.15. The molecule has 32 heavy (non-hydrogen) atoms. The summed E-state index contributed by atoms with van der Waals surface area (Å²) >= 11 is 6.04. The molecule has 2 aliphatic heterocycles. The van der Waals surface area contributed by atoms with E-state index in [1.165, 1.54) is 11.1 Å². The van der Waals surface area contributed by atoms with E-state index in [1.807, 2.05) is 12.1 Å². The van der Waals surface area contributed by atoms with Gasteiger partial charge in [-0.15, -0.1) is 0 Å². The summed E-state index contributed by atoms with van der Waals surface area (Å²) in [5.41, 5.74) is 3.12. The SMILES string of the molecule is O=[S@@]1CC2(CC2)c2nc(N3CC=C(c4ccc(Cl)cc4)CC3)nc(NC3(CO)CCC3)c21. The van der Waals surface area contributed by atoms with Gasteiger partial charge >= 0.3 is 0 Å². The first-order valence-electron chi connectivity index (χ1n) is 11.4. The summed E-state index contributed by atoms with van der Waals surface area (Å²) in [7, 11) is -1.09. The van der Waals surface area contributed by atoms with Crippen molar-refractivity contribution >= 4 is 39.7 Å². The van der Waals surface area contributed by atoms with Crippen molar-refractivity contribution in [3.8, 4) is 0 Å². The van der Waals surface area contributed by atoms with Gasteiger partial charge in [-0.3, -0.25) is 4.21 Å². The van der Waals surface area contributed by atoms with E-state index in [0.29, 0.717) is 17.5 Å². The van der Waals surface area contributed by atoms with Gasteiger partial charge in [0.1, 0.15) is 10.7 Å². The molecule has 6 rings (SSSR count). The first kappa shape index (κ1) is 20.6. The maximum atomic E-state index is 13.0. The molecule has 2 saturated carbocycles. The molecule has 6 nitrogen and oxygen atoms in total.